The number of hydrogen-bond acceptors (Lipinski definition) is 6. The number of rotatable bonds is 5. The van der Waals surface area contributed by atoms with Crippen LogP contribution in [0, 0.1) is 29.6 Å². The summed E-state index contributed by atoms with van der Waals surface area (Å²) in [5, 5.41) is 18.1. The molecule has 2 aromatic rings. The molecule has 7 nitrogen and oxygen atoms in total. The van der Waals surface area contributed by atoms with Crippen molar-refractivity contribution in [3.63, 3.8) is 0 Å². The number of aryl methyl sites for hydroxylation is 1. The summed E-state index contributed by atoms with van der Waals surface area (Å²) in [6, 6.07) is 7.90. The van der Waals surface area contributed by atoms with Crippen molar-refractivity contribution in [2.24, 2.45) is 0 Å². The monoisotopic (exact) mass is 357 g/mol. The average molecular weight is 357 g/mol. The van der Waals surface area contributed by atoms with Crippen LogP contribution in [0.2, 0.25) is 0 Å². The molecule has 25 heavy (non-hydrogen) atoms. The molecule has 1 heterocycles. The zero-order valence-corrected chi connectivity index (χ0v) is 14.5. The molecular weight excluding hydrogens is 342 g/mol. The van der Waals surface area contributed by atoms with Crippen LogP contribution in [-0.2, 0) is 10.0 Å². The summed E-state index contributed by atoms with van der Waals surface area (Å²) in [4.78, 5) is 12.0. The van der Waals surface area contributed by atoms with Crippen LogP contribution in [0.5, 0.6) is 0 Å². The minimum atomic E-state index is -3.46. The minimum Gasteiger partial charge on any atom is -0.422 e. The molecule has 0 spiro atoms. The number of nitrogens with one attached hydrogen (secondary N) is 1. The van der Waals surface area contributed by atoms with Gasteiger partial charge in [-0.1, -0.05) is 6.92 Å². The van der Waals surface area contributed by atoms with Crippen LogP contribution in [0.1, 0.15) is 24.5 Å². The molecule has 0 unspecified atom stereocenters. The Morgan fingerprint density at radius 1 is 1.28 bits per heavy atom. The van der Waals surface area contributed by atoms with Crippen LogP contribution in [0.4, 0.5) is 5.69 Å². The third kappa shape index (κ3) is 4.25. The summed E-state index contributed by atoms with van der Waals surface area (Å²) in [5.41, 5.74) is 0.390. The highest BCUT2D eigenvalue weighted by Crippen LogP contribution is 2.25. The van der Waals surface area contributed by atoms with Crippen molar-refractivity contribution >= 4 is 32.8 Å². The molecule has 1 aromatic carbocycles. The SMILES string of the molecule is CCCS(=O)(=O)Nc1cc2cc(C=C(C#N)C#N)c(=O)oc2cc1C. The van der Waals surface area contributed by atoms with E-state index in [1.165, 1.54) is 6.07 Å². The van der Waals surface area contributed by atoms with E-state index in [1.807, 2.05) is 0 Å². The van der Waals surface area contributed by atoms with Crippen LogP contribution in [0.3, 0.4) is 0 Å². The lowest BCUT2D eigenvalue weighted by Crippen LogP contribution is -2.16. The van der Waals surface area contributed by atoms with Gasteiger partial charge in [0.15, 0.2) is 0 Å². The number of fused-ring (bicyclic) bond motifs is 1. The smallest absolute Gasteiger partial charge is 0.343 e. The van der Waals surface area contributed by atoms with E-state index >= 15 is 0 Å². The summed E-state index contributed by atoms with van der Waals surface area (Å²) in [7, 11) is -3.46. The van der Waals surface area contributed by atoms with Gasteiger partial charge in [0, 0.05) is 5.39 Å². The number of allylic oxidation sites excluding steroid dienone is 1. The Balaban J connectivity index is 2.60. The Hall–Kier alpha value is -3.10. The average Bonchev–Trinajstić information content (AvgIpc) is 2.54. The molecule has 128 valence electrons. The molecule has 1 N–H and O–H groups in total. The number of anilines is 1. The highest BCUT2D eigenvalue weighted by atomic mass is 32.2. The first kappa shape index (κ1) is 18.2. The Morgan fingerprint density at radius 3 is 2.56 bits per heavy atom. The Kier molecular flexibility index (Phi) is 5.26. The number of nitrogens with zero attached hydrogens (tertiary/aromatic N) is 2. The third-order valence-corrected chi connectivity index (χ3v) is 4.86. The van der Waals surface area contributed by atoms with Crippen LogP contribution in [0.25, 0.3) is 17.0 Å². The topological polar surface area (TPSA) is 124 Å². The number of hydrogen-bond donors (Lipinski definition) is 1. The first-order valence-corrected chi connectivity index (χ1v) is 9.05. The third-order valence-electron chi connectivity index (χ3n) is 3.39. The summed E-state index contributed by atoms with van der Waals surface area (Å²) in [6.45, 7) is 3.46. The lowest BCUT2D eigenvalue weighted by Gasteiger charge is -2.11. The van der Waals surface area contributed by atoms with Crippen molar-refractivity contribution < 1.29 is 12.8 Å². The van der Waals surface area contributed by atoms with Crippen molar-refractivity contribution in [2.45, 2.75) is 20.3 Å². The molecule has 0 atom stereocenters. The highest BCUT2D eigenvalue weighted by molar-refractivity contribution is 7.92. The van der Waals surface area contributed by atoms with E-state index in [0.717, 1.165) is 6.08 Å². The normalized spacial score (nSPS) is 10.7. The van der Waals surface area contributed by atoms with Gasteiger partial charge in [0.1, 0.15) is 23.3 Å². The van der Waals surface area contributed by atoms with E-state index < -0.39 is 15.6 Å². The second-order valence-electron chi connectivity index (χ2n) is 5.40. The molecule has 0 saturated carbocycles. The van der Waals surface area contributed by atoms with Gasteiger partial charge in [-0.3, -0.25) is 4.72 Å². The molecule has 0 aliphatic heterocycles. The van der Waals surface area contributed by atoms with E-state index in [9.17, 15) is 13.2 Å². The summed E-state index contributed by atoms with van der Waals surface area (Å²) in [6.07, 6.45) is 1.61. The van der Waals surface area contributed by atoms with Gasteiger partial charge in [-0.05, 0) is 43.2 Å². The van der Waals surface area contributed by atoms with Gasteiger partial charge in [-0.2, -0.15) is 10.5 Å². The number of benzene rings is 1. The van der Waals surface area contributed by atoms with E-state index in [0.29, 0.717) is 23.1 Å². The van der Waals surface area contributed by atoms with E-state index in [-0.39, 0.29) is 22.5 Å². The molecular formula is C17H15N3O4S. The second-order valence-corrected chi connectivity index (χ2v) is 7.24. The standard InChI is InChI=1S/C17H15N3O4S/c1-3-4-25(22,23)20-15-8-13-7-14(6-12(9-18)10-19)17(21)24-16(13)5-11(15)2/h5-8,20H,3-4H2,1-2H3. The van der Waals surface area contributed by atoms with E-state index in [2.05, 4.69) is 4.72 Å². The molecule has 0 bridgehead atoms. The van der Waals surface area contributed by atoms with Gasteiger partial charge in [0.25, 0.3) is 0 Å². The number of nitriles is 2. The van der Waals surface area contributed by atoms with Gasteiger partial charge in [0.2, 0.25) is 10.0 Å². The molecule has 0 radical (unpaired) electrons. The molecule has 8 heteroatoms. The maximum absolute atomic E-state index is 12.0. The van der Waals surface area contributed by atoms with Crippen molar-refractivity contribution in [3.05, 3.63) is 45.3 Å². The van der Waals surface area contributed by atoms with Gasteiger partial charge in [-0.15, -0.1) is 0 Å². The van der Waals surface area contributed by atoms with Gasteiger partial charge in [0.05, 0.1) is 17.0 Å². The second kappa shape index (κ2) is 7.20. The van der Waals surface area contributed by atoms with Crippen molar-refractivity contribution in [1.82, 2.24) is 0 Å². The zero-order valence-electron chi connectivity index (χ0n) is 13.7. The fourth-order valence-corrected chi connectivity index (χ4v) is 3.42. The Bertz CT molecular complexity index is 1080. The molecule has 0 fully saturated rings. The highest BCUT2D eigenvalue weighted by Gasteiger charge is 2.13. The van der Waals surface area contributed by atoms with E-state index in [4.69, 9.17) is 14.9 Å². The lowest BCUT2D eigenvalue weighted by molar-refractivity contribution is 0.559. The first-order valence-electron chi connectivity index (χ1n) is 7.40. The van der Waals surface area contributed by atoms with Crippen LogP contribution in [0.15, 0.2) is 33.0 Å². The molecule has 0 aliphatic carbocycles. The Labute approximate surface area is 144 Å². The van der Waals surface area contributed by atoms with Crippen LogP contribution >= 0.6 is 0 Å². The summed E-state index contributed by atoms with van der Waals surface area (Å²) < 4.78 is 31.6. The number of sulfonamides is 1. The molecule has 0 saturated heterocycles. The van der Waals surface area contributed by atoms with Crippen LogP contribution < -0.4 is 10.3 Å². The quantitative estimate of drug-likeness (QED) is 0.648. The van der Waals surface area contributed by atoms with Gasteiger partial charge >= 0.3 is 5.63 Å². The predicted octanol–water partition coefficient (Wildman–Crippen LogP) is 2.68. The minimum absolute atomic E-state index is 0.00393. The lowest BCUT2D eigenvalue weighted by atomic mass is 10.1. The van der Waals surface area contributed by atoms with Crippen molar-refractivity contribution in [2.75, 3.05) is 10.5 Å². The summed E-state index contributed by atoms with van der Waals surface area (Å²) >= 11 is 0. The largest absolute Gasteiger partial charge is 0.422 e. The maximum Gasteiger partial charge on any atom is 0.343 e. The molecule has 2 rings (SSSR count). The van der Waals surface area contributed by atoms with Crippen molar-refractivity contribution in [3.8, 4) is 12.1 Å². The first-order chi connectivity index (χ1) is 11.8. The van der Waals surface area contributed by atoms with Crippen LogP contribution in [-0.4, -0.2) is 14.2 Å². The molecule has 0 amide bonds. The van der Waals surface area contributed by atoms with Gasteiger partial charge in [-0.25, -0.2) is 13.2 Å². The fourth-order valence-electron chi connectivity index (χ4n) is 2.23. The zero-order chi connectivity index (χ0) is 18.6. The predicted molar refractivity (Wildman–Crippen MR) is 94.1 cm³/mol. The molecule has 1 aromatic heterocycles. The van der Waals surface area contributed by atoms with E-state index in [1.54, 1.807) is 38.1 Å². The molecule has 0 aliphatic rings. The Morgan fingerprint density at radius 2 is 1.96 bits per heavy atom. The van der Waals surface area contributed by atoms with Gasteiger partial charge < -0.3 is 4.42 Å². The fraction of sp³-hybridized carbons (Fsp3) is 0.235. The summed E-state index contributed by atoms with van der Waals surface area (Å²) in [5.74, 6) is -0.00393. The van der Waals surface area contributed by atoms with Crippen molar-refractivity contribution in [1.29, 1.82) is 10.5 Å². The maximum atomic E-state index is 12.0.